The van der Waals surface area contributed by atoms with E-state index < -0.39 is 0 Å². The van der Waals surface area contributed by atoms with Crippen molar-refractivity contribution >= 4 is 17.5 Å². The van der Waals surface area contributed by atoms with E-state index in [4.69, 9.17) is 16.3 Å². The van der Waals surface area contributed by atoms with Gasteiger partial charge >= 0.3 is 0 Å². The molecule has 2 rings (SSSR count). The zero-order chi connectivity index (χ0) is 15.2. The molecule has 116 valence electrons. The van der Waals surface area contributed by atoms with Crippen LogP contribution < -0.4 is 5.32 Å². The summed E-state index contributed by atoms with van der Waals surface area (Å²) in [6.45, 7) is 8.90. The number of morpholine rings is 1. The first-order chi connectivity index (χ1) is 10.1. The van der Waals surface area contributed by atoms with Crippen molar-refractivity contribution < 1.29 is 9.53 Å². The van der Waals surface area contributed by atoms with Crippen molar-refractivity contribution in [1.29, 1.82) is 0 Å². The van der Waals surface area contributed by atoms with Gasteiger partial charge in [0.15, 0.2) is 0 Å². The van der Waals surface area contributed by atoms with Crippen LogP contribution in [0.1, 0.15) is 35.8 Å². The molecule has 0 aromatic carbocycles. The van der Waals surface area contributed by atoms with E-state index in [0.29, 0.717) is 17.3 Å². The first-order valence-corrected chi connectivity index (χ1v) is 7.70. The van der Waals surface area contributed by atoms with Crippen LogP contribution in [0.3, 0.4) is 0 Å². The second kappa shape index (κ2) is 7.73. The summed E-state index contributed by atoms with van der Waals surface area (Å²) in [5.74, 6) is 0.137. The first-order valence-electron chi connectivity index (χ1n) is 7.32. The zero-order valence-electron chi connectivity index (χ0n) is 12.6. The van der Waals surface area contributed by atoms with Gasteiger partial charge in [-0.15, -0.1) is 0 Å². The Bertz CT molecular complexity index is 488. The van der Waals surface area contributed by atoms with Gasteiger partial charge in [-0.05, 0) is 18.1 Å². The molecule has 1 saturated heterocycles. The Balaban J connectivity index is 1.87. The Labute approximate surface area is 130 Å². The Kier molecular flexibility index (Phi) is 5.96. The lowest BCUT2D eigenvalue weighted by molar-refractivity contribution is 0.0383. The van der Waals surface area contributed by atoms with Crippen LogP contribution >= 0.6 is 11.6 Å². The molecule has 21 heavy (non-hydrogen) atoms. The summed E-state index contributed by atoms with van der Waals surface area (Å²) in [7, 11) is 0. The lowest BCUT2D eigenvalue weighted by atomic mass is 10.1. The van der Waals surface area contributed by atoms with Gasteiger partial charge in [0, 0.05) is 37.4 Å². The molecule has 1 aromatic rings. The van der Waals surface area contributed by atoms with Crippen LogP contribution in [0.25, 0.3) is 0 Å². The van der Waals surface area contributed by atoms with Gasteiger partial charge in [-0.1, -0.05) is 25.4 Å². The van der Waals surface area contributed by atoms with Gasteiger partial charge in [0.1, 0.15) is 5.15 Å². The van der Waals surface area contributed by atoms with E-state index in [-0.39, 0.29) is 11.8 Å². The summed E-state index contributed by atoms with van der Waals surface area (Å²) in [5.41, 5.74) is 1.40. The van der Waals surface area contributed by atoms with Gasteiger partial charge in [-0.2, -0.15) is 0 Å². The monoisotopic (exact) mass is 311 g/mol. The number of halogens is 1. The third kappa shape index (κ3) is 4.95. The minimum absolute atomic E-state index is 0.102. The van der Waals surface area contributed by atoms with Crippen LogP contribution in [0, 0.1) is 0 Å². The predicted octanol–water partition coefficient (Wildman–Crippen LogP) is 1.92. The van der Waals surface area contributed by atoms with Gasteiger partial charge in [0.2, 0.25) is 0 Å². The standard InChI is InChI=1S/C15H22ClN3O2/c1-11(2)13-9-12(10-14(16)18-13)15(20)17-3-4-19-5-7-21-8-6-19/h9-11H,3-8H2,1-2H3,(H,17,20). The number of hydrogen-bond donors (Lipinski definition) is 1. The molecule has 0 unspecified atom stereocenters. The number of carbonyl (C=O) groups is 1. The van der Waals surface area contributed by atoms with Crippen molar-refractivity contribution in [3.05, 3.63) is 28.5 Å². The number of amides is 1. The Morgan fingerprint density at radius 3 is 2.81 bits per heavy atom. The van der Waals surface area contributed by atoms with E-state index in [1.807, 2.05) is 13.8 Å². The third-order valence-electron chi connectivity index (χ3n) is 3.48. The summed E-state index contributed by atoms with van der Waals surface area (Å²) in [6, 6.07) is 3.41. The topological polar surface area (TPSA) is 54.5 Å². The van der Waals surface area contributed by atoms with Crippen molar-refractivity contribution in [3.63, 3.8) is 0 Å². The average Bonchev–Trinajstić information content (AvgIpc) is 2.47. The fourth-order valence-electron chi connectivity index (χ4n) is 2.20. The molecule has 0 radical (unpaired) electrons. The highest BCUT2D eigenvalue weighted by molar-refractivity contribution is 6.29. The Hall–Kier alpha value is -1.17. The largest absolute Gasteiger partial charge is 0.379 e. The molecule has 1 aliphatic heterocycles. The van der Waals surface area contributed by atoms with E-state index in [0.717, 1.165) is 38.5 Å². The van der Waals surface area contributed by atoms with Crippen LogP contribution in [-0.2, 0) is 4.74 Å². The van der Waals surface area contributed by atoms with Gasteiger partial charge in [-0.25, -0.2) is 4.98 Å². The van der Waals surface area contributed by atoms with Crippen molar-refractivity contribution in [2.45, 2.75) is 19.8 Å². The average molecular weight is 312 g/mol. The molecule has 2 heterocycles. The second-order valence-corrected chi connectivity index (χ2v) is 5.86. The fourth-order valence-corrected chi connectivity index (χ4v) is 2.41. The number of rotatable bonds is 5. The predicted molar refractivity (Wildman–Crippen MR) is 82.9 cm³/mol. The van der Waals surface area contributed by atoms with Crippen LogP contribution in [0.15, 0.2) is 12.1 Å². The molecule has 0 bridgehead atoms. The summed E-state index contributed by atoms with van der Waals surface area (Å²) in [4.78, 5) is 18.7. The van der Waals surface area contributed by atoms with E-state index >= 15 is 0 Å². The molecule has 5 nitrogen and oxygen atoms in total. The smallest absolute Gasteiger partial charge is 0.251 e. The number of pyridine rings is 1. The molecular formula is C15H22ClN3O2. The summed E-state index contributed by atoms with van der Waals surface area (Å²) in [6.07, 6.45) is 0. The maximum atomic E-state index is 12.2. The van der Waals surface area contributed by atoms with Crippen molar-refractivity contribution in [1.82, 2.24) is 15.2 Å². The molecule has 0 atom stereocenters. The van der Waals surface area contributed by atoms with Gasteiger partial charge in [0.25, 0.3) is 5.91 Å². The van der Waals surface area contributed by atoms with E-state index in [1.165, 1.54) is 0 Å². The number of nitrogens with zero attached hydrogens (tertiary/aromatic N) is 2. The molecule has 1 aromatic heterocycles. The normalized spacial score (nSPS) is 16.2. The molecule has 6 heteroatoms. The summed E-state index contributed by atoms with van der Waals surface area (Å²) in [5, 5.41) is 3.29. The van der Waals surface area contributed by atoms with Crippen LogP contribution in [0.5, 0.6) is 0 Å². The van der Waals surface area contributed by atoms with Gasteiger partial charge < -0.3 is 10.1 Å². The number of ether oxygens (including phenoxy) is 1. The zero-order valence-corrected chi connectivity index (χ0v) is 13.3. The maximum Gasteiger partial charge on any atom is 0.251 e. The number of carbonyl (C=O) groups excluding carboxylic acids is 1. The number of aromatic nitrogens is 1. The minimum Gasteiger partial charge on any atom is -0.379 e. The van der Waals surface area contributed by atoms with Crippen molar-refractivity contribution in [2.24, 2.45) is 0 Å². The maximum absolute atomic E-state index is 12.2. The highest BCUT2D eigenvalue weighted by atomic mass is 35.5. The molecule has 1 N–H and O–H groups in total. The van der Waals surface area contributed by atoms with Crippen LogP contribution in [-0.4, -0.2) is 55.2 Å². The van der Waals surface area contributed by atoms with E-state index in [9.17, 15) is 4.79 Å². The lowest BCUT2D eigenvalue weighted by Crippen LogP contribution is -2.41. The molecule has 1 aliphatic rings. The lowest BCUT2D eigenvalue weighted by Gasteiger charge is -2.26. The van der Waals surface area contributed by atoms with Gasteiger partial charge in [0.05, 0.1) is 13.2 Å². The minimum atomic E-state index is -0.102. The highest BCUT2D eigenvalue weighted by Crippen LogP contribution is 2.17. The summed E-state index contributed by atoms with van der Waals surface area (Å²) < 4.78 is 5.29. The first kappa shape index (κ1) is 16.2. The molecule has 0 aliphatic carbocycles. The highest BCUT2D eigenvalue weighted by Gasteiger charge is 2.13. The fraction of sp³-hybridized carbons (Fsp3) is 0.600. The molecule has 0 spiro atoms. The molecular weight excluding hydrogens is 290 g/mol. The van der Waals surface area contributed by atoms with Crippen molar-refractivity contribution in [2.75, 3.05) is 39.4 Å². The molecule has 1 amide bonds. The Morgan fingerprint density at radius 2 is 2.14 bits per heavy atom. The molecule has 0 saturated carbocycles. The second-order valence-electron chi connectivity index (χ2n) is 5.47. The summed E-state index contributed by atoms with van der Waals surface area (Å²) >= 11 is 5.98. The van der Waals surface area contributed by atoms with Crippen LogP contribution in [0.2, 0.25) is 5.15 Å². The number of hydrogen-bond acceptors (Lipinski definition) is 4. The van der Waals surface area contributed by atoms with E-state index in [2.05, 4.69) is 15.2 Å². The number of nitrogens with one attached hydrogen (secondary N) is 1. The third-order valence-corrected chi connectivity index (χ3v) is 3.68. The quantitative estimate of drug-likeness (QED) is 0.844. The van der Waals surface area contributed by atoms with Gasteiger partial charge in [-0.3, -0.25) is 9.69 Å². The molecule has 1 fully saturated rings. The van der Waals surface area contributed by atoms with Crippen molar-refractivity contribution in [3.8, 4) is 0 Å². The van der Waals surface area contributed by atoms with E-state index in [1.54, 1.807) is 12.1 Å². The Morgan fingerprint density at radius 1 is 1.43 bits per heavy atom. The van der Waals surface area contributed by atoms with Crippen LogP contribution in [0.4, 0.5) is 0 Å². The SMILES string of the molecule is CC(C)c1cc(C(=O)NCCN2CCOCC2)cc(Cl)n1.